The molecule has 0 spiro atoms. The van der Waals surface area contributed by atoms with Gasteiger partial charge in [-0.1, -0.05) is 0 Å². The van der Waals surface area contributed by atoms with Crippen molar-refractivity contribution >= 4 is 11.9 Å². The number of likely N-dealkylation sites (tertiary alicyclic amines) is 1. The lowest BCUT2D eigenvalue weighted by molar-refractivity contribution is -0.143. The lowest BCUT2D eigenvalue weighted by Crippen LogP contribution is -2.46. The molecular weight excluding hydrogens is 260 g/mol. The number of carboxylic acids is 1. The van der Waals surface area contributed by atoms with Gasteiger partial charge in [-0.05, 0) is 25.8 Å². The van der Waals surface area contributed by atoms with Crippen molar-refractivity contribution in [2.24, 2.45) is 13.0 Å². The highest BCUT2D eigenvalue weighted by atomic mass is 16.4. The Bertz CT molecular complexity index is 593. The van der Waals surface area contributed by atoms with Crippen LogP contribution in [-0.4, -0.2) is 39.0 Å². The maximum atomic E-state index is 12.4. The van der Waals surface area contributed by atoms with Crippen molar-refractivity contribution in [3.63, 3.8) is 0 Å². The Kier molecular flexibility index (Phi) is 3.92. The van der Waals surface area contributed by atoms with Gasteiger partial charge in [0.25, 0.3) is 11.5 Å². The first-order valence-electron chi connectivity index (χ1n) is 6.60. The zero-order valence-corrected chi connectivity index (χ0v) is 11.6. The summed E-state index contributed by atoms with van der Waals surface area (Å²) >= 11 is 0. The van der Waals surface area contributed by atoms with Crippen LogP contribution >= 0.6 is 0 Å². The molecule has 0 aliphatic carbocycles. The number of carbonyl (C=O) groups is 2. The molecular formula is C14H18N2O4. The predicted molar refractivity (Wildman–Crippen MR) is 72.5 cm³/mol. The number of carboxylic acid groups (broad SMARTS) is 1. The molecule has 1 aliphatic heterocycles. The molecule has 1 fully saturated rings. The number of piperidine rings is 1. The lowest BCUT2D eigenvalue weighted by atomic mass is 9.91. The van der Waals surface area contributed by atoms with Crippen LogP contribution in [0.1, 0.15) is 30.1 Å². The Morgan fingerprint density at radius 2 is 2.10 bits per heavy atom. The summed E-state index contributed by atoms with van der Waals surface area (Å²) in [4.78, 5) is 36.6. The van der Waals surface area contributed by atoms with Crippen molar-refractivity contribution in [1.82, 2.24) is 9.47 Å². The van der Waals surface area contributed by atoms with E-state index < -0.39 is 11.9 Å². The van der Waals surface area contributed by atoms with Gasteiger partial charge in [-0.2, -0.15) is 0 Å². The maximum absolute atomic E-state index is 12.4. The Balaban J connectivity index is 2.15. The van der Waals surface area contributed by atoms with Crippen LogP contribution < -0.4 is 5.56 Å². The molecule has 108 valence electrons. The molecule has 6 nitrogen and oxygen atoms in total. The Hall–Kier alpha value is -2.11. The van der Waals surface area contributed by atoms with Crippen LogP contribution in [0.5, 0.6) is 0 Å². The molecule has 0 radical (unpaired) electrons. The number of aliphatic carboxylic acids is 1. The Morgan fingerprint density at radius 1 is 1.40 bits per heavy atom. The van der Waals surface area contributed by atoms with Crippen molar-refractivity contribution in [2.45, 2.75) is 25.8 Å². The highest BCUT2D eigenvalue weighted by molar-refractivity contribution is 5.94. The summed E-state index contributed by atoms with van der Waals surface area (Å²) in [6.45, 7) is 2.25. The third kappa shape index (κ3) is 2.74. The van der Waals surface area contributed by atoms with E-state index in [1.807, 2.05) is 6.92 Å². The van der Waals surface area contributed by atoms with Gasteiger partial charge < -0.3 is 14.6 Å². The van der Waals surface area contributed by atoms with Crippen molar-refractivity contribution in [2.75, 3.05) is 6.54 Å². The summed E-state index contributed by atoms with van der Waals surface area (Å²) in [7, 11) is 1.62. The van der Waals surface area contributed by atoms with Crippen LogP contribution in [0.15, 0.2) is 23.1 Å². The number of pyridine rings is 1. The zero-order valence-electron chi connectivity index (χ0n) is 11.6. The number of carbonyl (C=O) groups excluding carboxylic acids is 1. The van der Waals surface area contributed by atoms with Gasteiger partial charge in [0.2, 0.25) is 0 Å². The molecule has 0 bridgehead atoms. The SMILES string of the molecule is CC1CC(C(=O)O)CCN1C(=O)c1ccn(C)c(=O)c1. The van der Waals surface area contributed by atoms with Gasteiger partial charge in [0.1, 0.15) is 0 Å². The maximum Gasteiger partial charge on any atom is 0.306 e. The minimum atomic E-state index is -0.808. The van der Waals surface area contributed by atoms with Gasteiger partial charge in [-0.25, -0.2) is 0 Å². The van der Waals surface area contributed by atoms with Gasteiger partial charge >= 0.3 is 5.97 Å². The fourth-order valence-electron chi connectivity index (χ4n) is 2.55. The van der Waals surface area contributed by atoms with Crippen molar-refractivity contribution in [1.29, 1.82) is 0 Å². The number of hydrogen-bond donors (Lipinski definition) is 1. The summed E-state index contributed by atoms with van der Waals surface area (Å²) < 4.78 is 1.40. The van der Waals surface area contributed by atoms with E-state index in [0.29, 0.717) is 24.9 Å². The Morgan fingerprint density at radius 3 is 2.65 bits per heavy atom. The molecule has 2 heterocycles. The summed E-state index contributed by atoms with van der Waals surface area (Å²) in [6.07, 6.45) is 2.46. The first-order valence-corrected chi connectivity index (χ1v) is 6.60. The lowest BCUT2D eigenvalue weighted by Gasteiger charge is -2.36. The van der Waals surface area contributed by atoms with E-state index >= 15 is 0 Å². The third-order valence-corrected chi connectivity index (χ3v) is 3.84. The summed E-state index contributed by atoms with van der Waals surface area (Å²) in [5.74, 6) is -1.41. The largest absolute Gasteiger partial charge is 0.481 e. The summed E-state index contributed by atoms with van der Waals surface area (Å²) in [5.41, 5.74) is 0.123. The number of amides is 1. The molecule has 1 amide bonds. The number of nitrogens with zero attached hydrogens (tertiary/aromatic N) is 2. The van der Waals surface area contributed by atoms with Crippen LogP contribution in [0, 0.1) is 5.92 Å². The van der Waals surface area contributed by atoms with Crippen molar-refractivity contribution < 1.29 is 14.7 Å². The van der Waals surface area contributed by atoms with Crippen molar-refractivity contribution in [3.8, 4) is 0 Å². The van der Waals surface area contributed by atoms with E-state index in [-0.39, 0.29) is 17.5 Å². The van der Waals surface area contributed by atoms with E-state index in [0.717, 1.165) is 0 Å². The fourth-order valence-corrected chi connectivity index (χ4v) is 2.55. The monoisotopic (exact) mass is 278 g/mol. The summed E-state index contributed by atoms with van der Waals surface area (Å²) in [5, 5.41) is 9.02. The average molecular weight is 278 g/mol. The van der Waals surface area contributed by atoms with Gasteiger partial charge in [0, 0.05) is 37.5 Å². The molecule has 20 heavy (non-hydrogen) atoms. The zero-order chi connectivity index (χ0) is 14.9. The minimum absolute atomic E-state index is 0.138. The van der Waals surface area contributed by atoms with Crippen LogP contribution in [0.25, 0.3) is 0 Å². The molecule has 1 N–H and O–H groups in total. The third-order valence-electron chi connectivity index (χ3n) is 3.84. The van der Waals surface area contributed by atoms with E-state index in [9.17, 15) is 14.4 Å². The highest BCUT2D eigenvalue weighted by Gasteiger charge is 2.32. The second-order valence-electron chi connectivity index (χ2n) is 5.27. The predicted octanol–water partition coefficient (Wildman–Crippen LogP) is 0.711. The molecule has 1 saturated heterocycles. The molecule has 1 aliphatic rings. The molecule has 1 aromatic heterocycles. The standard InChI is InChI=1S/C14H18N2O4/c1-9-7-11(14(19)20)4-6-16(9)13(18)10-3-5-15(2)12(17)8-10/h3,5,8-9,11H,4,6-7H2,1-2H3,(H,19,20). The number of rotatable bonds is 2. The van der Waals surface area contributed by atoms with Gasteiger partial charge in [-0.3, -0.25) is 14.4 Å². The number of aromatic nitrogens is 1. The van der Waals surface area contributed by atoms with E-state index in [1.165, 1.54) is 10.6 Å². The van der Waals surface area contributed by atoms with Gasteiger partial charge in [-0.15, -0.1) is 0 Å². The van der Waals surface area contributed by atoms with Crippen molar-refractivity contribution in [3.05, 3.63) is 34.2 Å². The fraction of sp³-hybridized carbons (Fsp3) is 0.500. The number of hydrogen-bond acceptors (Lipinski definition) is 3. The molecule has 0 saturated carbocycles. The molecule has 1 aromatic rings. The quantitative estimate of drug-likeness (QED) is 0.864. The van der Waals surface area contributed by atoms with Gasteiger partial charge in [0.05, 0.1) is 5.92 Å². The first-order chi connectivity index (χ1) is 9.40. The van der Waals surface area contributed by atoms with Crippen LogP contribution in [0.3, 0.4) is 0 Å². The normalized spacial score (nSPS) is 22.6. The van der Waals surface area contributed by atoms with E-state index in [1.54, 1.807) is 24.2 Å². The molecule has 2 unspecified atom stereocenters. The van der Waals surface area contributed by atoms with Crippen LogP contribution in [0.4, 0.5) is 0 Å². The average Bonchev–Trinajstić information content (AvgIpc) is 2.41. The molecule has 2 rings (SSSR count). The second-order valence-corrected chi connectivity index (χ2v) is 5.27. The minimum Gasteiger partial charge on any atom is -0.481 e. The van der Waals surface area contributed by atoms with E-state index in [4.69, 9.17) is 5.11 Å². The van der Waals surface area contributed by atoms with E-state index in [2.05, 4.69) is 0 Å². The van der Waals surface area contributed by atoms with Crippen LogP contribution in [-0.2, 0) is 11.8 Å². The molecule has 2 atom stereocenters. The highest BCUT2D eigenvalue weighted by Crippen LogP contribution is 2.24. The second kappa shape index (κ2) is 5.48. The topological polar surface area (TPSA) is 79.6 Å². The smallest absolute Gasteiger partial charge is 0.306 e. The summed E-state index contributed by atoms with van der Waals surface area (Å²) in [6, 6.07) is 2.79. The molecule has 0 aromatic carbocycles. The van der Waals surface area contributed by atoms with Crippen LogP contribution in [0.2, 0.25) is 0 Å². The molecule has 6 heteroatoms. The van der Waals surface area contributed by atoms with Gasteiger partial charge in [0.15, 0.2) is 0 Å². The first kappa shape index (κ1) is 14.3. The number of aryl methyl sites for hydroxylation is 1. The Labute approximate surface area is 116 Å².